The third-order valence-electron chi connectivity index (χ3n) is 2.98. The summed E-state index contributed by atoms with van der Waals surface area (Å²) in [5.74, 6) is 0.509. The molecule has 106 valence electrons. The molecule has 0 saturated carbocycles. The highest BCUT2D eigenvalue weighted by Gasteiger charge is 2.12. The van der Waals surface area contributed by atoms with Crippen molar-refractivity contribution in [3.05, 3.63) is 34.3 Å². The average Bonchev–Trinajstić information content (AvgIpc) is 2.34. The molecule has 0 aliphatic heterocycles. The molecule has 1 amide bonds. The molecule has 0 fully saturated rings. The number of hydrogen-bond acceptors (Lipinski definition) is 2. The number of amides is 1. The zero-order valence-corrected chi connectivity index (χ0v) is 12.8. The van der Waals surface area contributed by atoms with Crippen LogP contribution in [0.5, 0.6) is 0 Å². The maximum absolute atomic E-state index is 11.8. The van der Waals surface area contributed by atoms with Crippen LogP contribution in [-0.4, -0.2) is 18.5 Å². The average molecular weight is 283 g/mol. The second-order valence-corrected chi connectivity index (χ2v) is 5.75. The number of carbonyl (C=O) groups excluding carboxylic acids is 1. The van der Waals surface area contributed by atoms with E-state index in [2.05, 4.69) is 24.5 Å². The zero-order chi connectivity index (χ0) is 14.4. The van der Waals surface area contributed by atoms with E-state index in [1.54, 1.807) is 0 Å². The monoisotopic (exact) mass is 282 g/mol. The van der Waals surface area contributed by atoms with Gasteiger partial charge in [-0.3, -0.25) is 4.79 Å². The van der Waals surface area contributed by atoms with Crippen LogP contribution >= 0.6 is 11.6 Å². The van der Waals surface area contributed by atoms with Gasteiger partial charge < -0.3 is 10.6 Å². The van der Waals surface area contributed by atoms with Crippen molar-refractivity contribution in [2.24, 2.45) is 5.92 Å². The van der Waals surface area contributed by atoms with E-state index in [1.165, 1.54) is 0 Å². The summed E-state index contributed by atoms with van der Waals surface area (Å²) in [6, 6.07) is 5.59. The Morgan fingerprint density at radius 1 is 1.32 bits per heavy atom. The van der Waals surface area contributed by atoms with Gasteiger partial charge in [0.2, 0.25) is 5.91 Å². The van der Waals surface area contributed by atoms with Crippen LogP contribution in [0.2, 0.25) is 5.02 Å². The Bertz CT molecular complexity index is 432. The molecule has 0 heterocycles. The third kappa shape index (κ3) is 5.62. The number of aryl methyl sites for hydroxylation is 1. The Balaban J connectivity index is 2.45. The first-order valence-corrected chi connectivity index (χ1v) is 7.04. The van der Waals surface area contributed by atoms with Crippen LogP contribution in [0.3, 0.4) is 0 Å². The highest BCUT2D eigenvalue weighted by atomic mass is 35.5. The number of rotatable bonds is 6. The highest BCUT2D eigenvalue weighted by molar-refractivity contribution is 6.30. The third-order valence-corrected chi connectivity index (χ3v) is 3.22. The molecule has 1 rings (SSSR count). The quantitative estimate of drug-likeness (QED) is 0.842. The van der Waals surface area contributed by atoms with E-state index >= 15 is 0 Å². The van der Waals surface area contributed by atoms with Crippen molar-refractivity contribution >= 4 is 17.5 Å². The summed E-state index contributed by atoms with van der Waals surface area (Å²) in [6.45, 7) is 9.43. The van der Waals surface area contributed by atoms with Crippen molar-refractivity contribution in [3.63, 3.8) is 0 Å². The number of carbonyl (C=O) groups is 1. The standard InChI is InChI=1S/C15H23ClN2O/c1-10(2)8-18-15(19)12(4)17-9-13-5-6-14(16)7-11(13)3/h5-7,10,12,17H,8-9H2,1-4H3,(H,18,19). The van der Waals surface area contributed by atoms with E-state index in [0.29, 0.717) is 19.0 Å². The fourth-order valence-corrected chi connectivity index (χ4v) is 1.90. The fraction of sp³-hybridized carbons (Fsp3) is 0.533. The van der Waals surface area contributed by atoms with Crippen molar-refractivity contribution in [2.45, 2.75) is 40.3 Å². The molecule has 19 heavy (non-hydrogen) atoms. The van der Waals surface area contributed by atoms with Gasteiger partial charge in [0.25, 0.3) is 0 Å². The maximum atomic E-state index is 11.8. The molecule has 2 N–H and O–H groups in total. The second kappa shape index (κ2) is 7.51. The largest absolute Gasteiger partial charge is 0.354 e. The van der Waals surface area contributed by atoms with Gasteiger partial charge in [0.05, 0.1) is 6.04 Å². The normalized spacial score (nSPS) is 12.5. The number of benzene rings is 1. The van der Waals surface area contributed by atoms with Gasteiger partial charge in [0.1, 0.15) is 0 Å². The predicted octanol–water partition coefficient (Wildman–Crippen LogP) is 2.90. The minimum atomic E-state index is -0.200. The summed E-state index contributed by atoms with van der Waals surface area (Å²) in [6.07, 6.45) is 0. The molecule has 1 aromatic rings. The molecule has 1 unspecified atom stereocenters. The first kappa shape index (κ1) is 16.0. The van der Waals surface area contributed by atoms with Gasteiger partial charge in [0, 0.05) is 18.1 Å². The topological polar surface area (TPSA) is 41.1 Å². The van der Waals surface area contributed by atoms with Crippen molar-refractivity contribution in [2.75, 3.05) is 6.54 Å². The van der Waals surface area contributed by atoms with E-state index in [-0.39, 0.29) is 11.9 Å². The Morgan fingerprint density at radius 3 is 2.58 bits per heavy atom. The molecular weight excluding hydrogens is 260 g/mol. The minimum Gasteiger partial charge on any atom is -0.354 e. The Morgan fingerprint density at radius 2 is 2.00 bits per heavy atom. The van der Waals surface area contributed by atoms with Crippen LogP contribution in [-0.2, 0) is 11.3 Å². The maximum Gasteiger partial charge on any atom is 0.236 e. The summed E-state index contributed by atoms with van der Waals surface area (Å²) in [5, 5.41) is 6.89. The second-order valence-electron chi connectivity index (χ2n) is 5.31. The van der Waals surface area contributed by atoms with Crippen LogP contribution in [0.25, 0.3) is 0 Å². The van der Waals surface area contributed by atoms with Crippen LogP contribution in [0.4, 0.5) is 0 Å². The molecule has 0 radical (unpaired) electrons. The van der Waals surface area contributed by atoms with Crippen LogP contribution in [0, 0.1) is 12.8 Å². The summed E-state index contributed by atoms with van der Waals surface area (Å²) in [5.41, 5.74) is 2.29. The van der Waals surface area contributed by atoms with E-state index < -0.39 is 0 Å². The minimum absolute atomic E-state index is 0.0420. The predicted molar refractivity (Wildman–Crippen MR) is 80.3 cm³/mol. The van der Waals surface area contributed by atoms with Gasteiger partial charge in [0.15, 0.2) is 0 Å². The highest BCUT2D eigenvalue weighted by Crippen LogP contribution is 2.15. The summed E-state index contributed by atoms with van der Waals surface area (Å²) in [7, 11) is 0. The van der Waals surface area contributed by atoms with Gasteiger partial charge in [-0.15, -0.1) is 0 Å². The van der Waals surface area contributed by atoms with E-state index in [4.69, 9.17) is 11.6 Å². The zero-order valence-electron chi connectivity index (χ0n) is 12.1. The number of halogens is 1. The molecule has 0 aromatic heterocycles. The molecule has 1 atom stereocenters. The van der Waals surface area contributed by atoms with Gasteiger partial charge in [-0.1, -0.05) is 31.5 Å². The van der Waals surface area contributed by atoms with E-state index in [0.717, 1.165) is 16.1 Å². The SMILES string of the molecule is Cc1cc(Cl)ccc1CNC(C)C(=O)NCC(C)C. The Labute approximate surface area is 120 Å². The van der Waals surface area contributed by atoms with Crippen molar-refractivity contribution in [3.8, 4) is 0 Å². The Hall–Kier alpha value is -1.06. The van der Waals surface area contributed by atoms with Crippen molar-refractivity contribution < 1.29 is 4.79 Å². The molecule has 3 nitrogen and oxygen atoms in total. The molecule has 4 heteroatoms. The first-order valence-electron chi connectivity index (χ1n) is 6.66. The molecule has 0 bridgehead atoms. The molecule has 0 aliphatic rings. The lowest BCUT2D eigenvalue weighted by Crippen LogP contribution is -2.43. The van der Waals surface area contributed by atoms with Crippen LogP contribution in [0.15, 0.2) is 18.2 Å². The molecule has 1 aromatic carbocycles. The van der Waals surface area contributed by atoms with Crippen LogP contribution in [0.1, 0.15) is 31.9 Å². The first-order chi connectivity index (χ1) is 8.90. The Kier molecular flexibility index (Phi) is 6.32. The number of nitrogens with one attached hydrogen (secondary N) is 2. The van der Waals surface area contributed by atoms with Gasteiger partial charge in [-0.2, -0.15) is 0 Å². The molecule has 0 aliphatic carbocycles. The summed E-state index contributed by atoms with van der Waals surface area (Å²) >= 11 is 5.92. The lowest BCUT2D eigenvalue weighted by molar-refractivity contribution is -0.122. The van der Waals surface area contributed by atoms with Gasteiger partial charge in [-0.05, 0) is 43.0 Å². The smallest absolute Gasteiger partial charge is 0.236 e. The lowest BCUT2D eigenvalue weighted by atomic mass is 10.1. The van der Waals surface area contributed by atoms with E-state index in [1.807, 2.05) is 32.0 Å². The molecular formula is C15H23ClN2O. The van der Waals surface area contributed by atoms with E-state index in [9.17, 15) is 4.79 Å². The molecule has 0 spiro atoms. The van der Waals surface area contributed by atoms with Gasteiger partial charge >= 0.3 is 0 Å². The number of hydrogen-bond donors (Lipinski definition) is 2. The van der Waals surface area contributed by atoms with Crippen molar-refractivity contribution in [1.82, 2.24) is 10.6 Å². The fourth-order valence-electron chi connectivity index (χ4n) is 1.67. The van der Waals surface area contributed by atoms with Crippen LogP contribution < -0.4 is 10.6 Å². The van der Waals surface area contributed by atoms with Crippen molar-refractivity contribution in [1.29, 1.82) is 0 Å². The molecule has 0 saturated heterocycles. The van der Waals surface area contributed by atoms with Gasteiger partial charge in [-0.25, -0.2) is 0 Å². The summed E-state index contributed by atoms with van der Waals surface area (Å²) in [4.78, 5) is 11.8. The lowest BCUT2D eigenvalue weighted by Gasteiger charge is -2.16. The summed E-state index contributed by atoms with van der Waals surface area (Å²) < 4.78 is 0.